The summed E-state index contributed by atoms with van der Waals surface area (Å²) in [4.78, 5) is 5.28. The minimum Gasteiger partial charge on any atom is -0.379 e. The van der Waals surface area contributed by atoms with Crippen molar-refractivity contribution in [2.24, 2.45) is 5.41 Å². The zero-order chi connectivity index (χ0) is 14.6. The first-order chi connectivity index (χ1) is 9.50. The molecule has 0 aromatic rings. The van der Waals surface area contributed by atoms with Gasteiger partial charge in [-0.25, -0.2) is 0 Å². The molecule has 2 heterocycles. The Kier molecular flexibility index (Phi) is 5.84. The number of nitrogens with one attached hydrogen (secondary N) is 1. The van der Waals surface area contributed by atoms with Gasteiger partial charge in [0.2, 0.25) is 0 Å². The van der Waals surface area contributed by atoms with Gasteiger partial charge in [-0.3, -0.25) is 4.90 Å². The third-order valence-corrected chi connectivity index (χ3v) is 4.94. The highest BCUT2D eigenvalue weighted by Crippen LogP contribution is 2.23. The van der Waals surface area contributed by atoms with E-state index in [1.54, 1.807) is 0 Å². The maximum absolute atomic E-state index is 5.45. The van der Waals surface area contributed by atoms with E-state index in [9.17, 15) is 0 Å². The predicted molar refractivity (Wildman–Crippen MR) is 84.2 cm³/mol. The number of rotatable bonds is 5. The fourth-order valence-corrected chi connectivity index (χ4v) is 3.58. The lowest BCUT2D eigenvalue weighted by Gasteiger charge is -2.33. The van der Waals surface area contributed by atoms with E-state index < -0.39 is 0 Å². The molecular weight excluding hydrogens is 250 g/mol. The predicted octanol–water partition coefficient (Wildman–Crippen LogP) is 1.42. The fraction of sp³-hybridized carbons (Fsp3) is 1.00. The molecule has 0 aromatic heterocycles. The Morgan fingerprint density at radius 1 is 1.20 bits per heavy atom. The summed E-state index contributed by atoms with van der Waals surface area (Å²) in [6.07, 6.45) is 2.58. The van der Waals surface area contributed by atoms with E-state index >= 15 is 0 Å². The van der Waals surface area contributed by atoms with Crippen LogP contribution in [0.15, 0.2) is 0 Å². The molecule has 4 nitrogen and oxygen atoms in total. The number of likely N-dealkylation sites (tertiary alicyclic amines) is 1. The van der Waals surface area contributed by atoms with Crippen LogP contribution in [0.5, 0.6) is 0 Å². The van der Waals surface area contributed by atoms with Crippen LogP contribution in [0.1, 0.15) is 33.6 Å². The second kappa shape index (κ2) is 7.21. The maximum Gasteiger partial charge on any atom is 0.0594 e. The summed E-state index contributed by atoms with van der Waals surface area (Å²) in [5.41, 5.74) is 0.345. The van der Waals surface area contributed by atoms with Gasteiger partial charge in [0, 0.05) is 31.7 Å². The van der Waals surface area contributed by atoms with E-state index in [4.69, 9.17) is 4.74 Å². The summed E-state index contributed by atoms with van der Waals surface area (Å²) >= 11 is 0. The van der Waals surface area contributed by atoms with Crippen LogP contribution >= 0.6 is 0 Å². The summed E-state index contributed by atoms with van der Waals surface area (Å²) in [7, 11) is 2.09. The molecule has 2 fully saturated rings. The highest BCUT2D eigenvalue weighted by Gasteiger charge is 2.30. The molecule has 2 unspecified atom stereocenters. The minimum absolute atomic E-state index is 0.345. The topological polar surface area (TPSA) is 27.7 Å². The van der Waals surface area contributed by atoms with Gasteiger partial charge in [0.15, 0.2) is 0 Å². The Balaban J connectivity index is 1.73. The van der Waals surface area contributed by atoms with Crippen molar-refractivity contribution in [1.82, 2.24) is 15.1 Å². The minimum atomic E-state index is 0.345. The molecule has 2 aliphatic heterocycles. The first-order valence-corrected chi connectivity index (χ1v) is 8.22. The number of nitrogens with zero attached hydrogens (tertiary/aromatic N) is 2. The van der Waals surface area contributed by atoms with E-state index in [0.29, 0.717) is 11.5 Å². The van der Waals surface area contributed by atoms with Crippen LogP contribution in [0.2, 0.25) is 0 Å². The van der Waals surface area contributed by atoms with E-state index in [2.05, 4.69) is 42.9 Å². The number of hydrogen-bond acceptors (Lipinski definition) is 4. The summed E-state index contributed by atoms with van der Waals surface area (Å²) in [5, 5.41) is 3.49. The van der Waals surface area contributed by atoms with Crippen LogP contribution in [0.25, 0.3) is 0 Å². The van der Waals surface area contributed by atoms with Gasteiger partial charge in [0.05, 0.1) is 13.2 Å². The monoisotopic (exact) mass is 283 g/mol. The van der Waals surface area contributed by atoms with E-state index in [0.717, 1.165) is 32.3 Å². The summed E-state index contributed by atoms with van der Waals surface area (Å²) < 4.78 is 5.45. The third kappa shape index (κ3) is 4.42. The van der Waals surface area contributed by atoms with Crippen LogP contribution in [0.3, 0.4) is 0 Å². The molecule has 4 heteroatoms. The molecule has 0 aliphatic carbocycles. The van der Waals surface area contributed by atoms with Gasteiger partial charge in [-0.05, 0) is 38.4 Å². The van der Waals surface area contributed by atoms with Crippen molar-refractivity contribution >= 4 is 0 Å². The normalized spacial score (nSPS) is 27.9. The molecule has 2 aliphatic rings. The first kappa shape index (κ1) is 16.2. The molecular formula is C16H33N3O. The summed E-state index contributed by atoms with van der Waals surface area (Å²) in [6.45, 7) is 14.8. The van der Waals surface area contributed by atoms with Crippen molar-refractivity contribution in [3.63, 3.8) is 0 Å². The van der Waals surface area contributed by atoms with Crippen LogP contribution in [0.4, 0.5) is 0 Å². The summed E-state index contributed by atoms with van der Waals surface area (Å²) in [6, 6.07) is 1.37. The lowest BCUT2D eigenvalue weighted by Crippen LogP contribution is -2.45. The van der Waals surface area contributed by atoms with Gasteiger partial charge in [0.25, 0.3) is 0 Å². The molecule has 2 rings (SSSR count). The summed E-state index contributed by atoms with van der Waals surface area (Å²) in [5.74, 6) is 0. The first-order valence-electron chi connectivity index (χ1n) is 8.22. The van der Waals surface area contributed by atoms with Gasteiger partial charge < -0.3 is 15.0 Å². The van der Waals surface area contributed by atoms with Crippen LogP contribution in [-0.2, 0) is 4.74 Å². The highest BCUT2D eigenvalue weighted by molar-refractivity contribution is 4.86. The van der Waals surface area contributed by atoms with Gasteiger partial charge >= 0.3 is 0 Å². The Morgan fingerprint density at radius 2 is 1.90 bits per heavy atom. The molecule has 0 spiro atoms. The second-order valence-electron chi connectivity index (χ2n) is 7.39. The smallest absolute Gasteiger partial charge is 0.0594 e. The number of ether oxygens (including phenoxy) is 1. The van der Waals surface area contributed by atoms with Crippen molar-refractivity contribution in [3.8, 4) is 0 Å². The molecule has 118 valence electrons. The second-order valence-corrected chi connectivity index (χ2v) is 7.39. The SMILES string of the molecule is CNC(CCN1CCC(N2CCOCC2)C1)C(C)(C)C. The highest BCUT2D eigenvalue weighted by atomic mass is 16.5. The Hall–Kier alpha value is -0.160. The van der Waals surface area contributed by atoms with Crippen LogP contribution in [0, 0.1) is 5.41 Å². The van der Waals surface area contributed by atoms with E-state index in [1.807, 2.05) is 0 Å². The van der Waals surface area contributed by atoms with Crippen molar-refractivity contribution in [1.29, 1.82) is 0 Å². The van der Waals surface area contributed by atoms with Crippen molar-refractivity contribution < 1.29 is 4.74 Å². The van der Waals surface area contributed by atoms with Gasteiger partial charge in [0.1, 0.15) is 0 Å². The Labute approximate surface area is 124 Å². The van der Waals surface area contributed by atoms with Gasteiger partial charge in [-0.15, -0.1) is 0 Å². The average molecular weight is 283 g/mol. The zero-order valence-corrected chi connectivity index (χ0v) is 13.8. The molecule has 0 radical (unpaired) electrons. The number of morpholine rings is 1. The molecule has 0 saturated carbocycles. The molecule has 20 heavy (non-hydrogen) atoms. The molecule has 0 amide bonds. The van der Waals surface area contributed by atoms with E-state index in [-0.39, 0.29) is 0 Å². The van der Waals surface area contributed by atoms with E-state index in [1.165, 1.54) is 32.5 Å². The van der Waals surface area contributed by atoms with Gasteiger partial charge in [-0.2, -0.15) is 0 Å². The zero-order valence-electron chi connectivity index (χ0n) is 13.8. The van der Waals surface area contributed by atoms with Crippen LogP contribution in [-0.4, -0.2) is 74.9 Å². The Bertz CT molecular complexity index is 284. The quantitative estimate of drug-likeness (QED) is 0.826. The molecule has 0 aromatic carbocycles. The largest absolute Gasteiger partial charge is 0.379 e. The lowest BCUT2D eigenvalue weighted by molar-refractivity contribution is 0.0184. The average Bonchev–Trinajstić information content (AvgIpc) is 2.88. The van der Waals surface area contributed by atoms with Crippen LogP contribution < -0.4 is 5.32 Å². The molecule has 1 N–H and O–H groups in total. The van der Waals surface area contributed by atoms with Crippen molar-refractivity contribution in [2.45, 2.75) is 45.7 Å². The molecule has 0 bridgehead atoms. The third-order valence-electron chi connectivity index (χ3n) is 4.94. The molecule has 2 saturated heterocycles. The number of hydrogen-bond donors (Lipinski definition) is 1. The maximum atomic E-state index is 5.45. The standard InChI is InChI=1S/C16H33N3O/c1-16(2,3)15(17-4)6-8-18-7-5-14(13-18)19-9-11-20-12-10-19/h14-15,17H,5-13H2,1-4H3. The lowest BCUT2D eigenvalue weighted by atomic mass is 9.85. The molecule has 2 atom stereocenters. The van der Waals surface area contributed by atoms with Crippen molar-refractivity contribution in [3.05, 3.63) is 0 Å². The van der Waals surface area contributed by atoms with Crippen molar-refractivity contribution in [2.75, 3.05) is 53.0 Å². The van der Waals surface area contributed by atoms with Gasteiger partial charge in [-0.1, -0.05) is 20.8 Å². The Morgan fingerprint density at radius 3 is 2.50 bits per heavy atom. The fourth-order valence-electron chi connectivity index (χ4n) is 3.58.